The molecule has 0 N–H and O–H groups in total. The van der Waals surface area contributed by atoms with E-state index in [2.05, 4.69) is 20.8 Å². The Morgan fingerprint density at radius 3 is 0.800 bits per heavy atom. The third-order valence-corrected chi connectivity index (χ3v) is 9.86. The van der Waals surface area contributed by atoms with E-state index in [-0.39, 0.29) is 31.1 Å². The molecule has 0 aliphatic carbocycles. The van der Waals surface area contributed by atoms with Crippen LogP contribution in [-0.2, 0) is 28.6 Å². The summed E-state index contributed by atoms with van der Waals surface area (Å²) in [6, 6.07) is 0. The molecule has 0 aromatic heterocycles. The van der Waals surface area contributed by atoms with E-state index in [9.17, 15) is 14.4 Å². The number of carbonyl (C=O) groups is 3. The number of esters is 3. The van der Waals surface area contributed by atoms with Crippen molar-refractivity contribution < 1.29 is 28.6 Å². The van der Waals surface area contributed by atoms with Crippen LogP contribution in [0.25, 0.3) is 0 Å². The number of rotatable bonds is 40. The van der Waals surface area contributed by atoms with E-state index < -0.39 is 6.10 Å². The lowest BCUT2D eigenvalue weighted by Gasteiger charge is -2.18. The lowest BCUT2D eigenvalue weighted by Crippen LogP contribution is -2.30. The van der Waals surface area contributed by atoms with Gasteiger partial charge in [0, 0.05) is 19.3 Å². The molecule has 6 heteroatoms. The van der Waals surface area contributed by atoms with Gasteiger partial charge in [-0.2, -0.15) is 0 Å². The highest BCUT2D eigenvalue weighted by Crippen LogP contribution is 2.15. The maximum absolute atomic E-state index is 12.5. The van der Waals surface area contributed by atoms with Crippen LogP contribution in [0.3, 0.4) is 0 Å². The first kappa shape index (κ1) is 48.4. The molecule has 0 saturated heterocycles. The van der Waals surface area contributed by atoms with Crippen molar-refractivity contribution in [2.45, 2.75) is 252 Å². The van der Waals surface area contributed by atoms with Crippen LogP contribution in [0.2, 0.25) is 0 Å². The monoisotopic (exact) mass is 709 g/mol. The van der Waals surface area contributed by atoms with Crippen molar-refractivity contribution in [3.8, 4) is 0 Å². The summed E-state index contributed by atoms with van der Waals surface area (Å²) >= 11 is 0. The molecule has 0 bridgehead atoms. The van der Waals surface area contributed by atoms with Gasteiger partial charge in [-0.1, -0.05) is 207 Å². The van der Waals surface area contributed by atoms with Crippen LogP contribution in [-0.4, -0.2) is 37.2 Å². The highest BCUT2D eigenvalue weighted by atomic mass is 16.6. The van der Waals surface area contributed by atoms with E-state index in [0.717, 1.165) is 64.2 Å². The zero-order valence-electron chi connectivity index (χ0n) is 33.7. The molecule has 6 nitrogen and oxygen atoms in total. The van der Waals surface area contributed by atoms with Gasteiger partial charge in [0.1, 0.15) is 13.2 Å². The Labute approximate surface area is 310 Å². The highest BCUT2D eigenvalue weighted by molar-refractivity contribution is 5.71. The standard InChI is InChI=1S/C44H84O6/c1-4-7-10-13-15-17-19-21-22-23-25-27-29-32-34-37-43(46)49-40-41(50-44(47)38-35-30-12-9-6-3)39-48-42(45)36-33-31-28-26-24-20-18-16-14-11-8-5-2/h41H,4-40H2,1-3H3/t41-/m0/s1. The molecule has 296 valence electrons. The van der Waals surface area contributed by atoms with Gasteiger partial charge in [0.25, 0.3) is 0 Å². The molecule has 0 aliphatic heterocycles. The minimum absolute atomic E-state index is 0.0645. The second kappa shape index (κ2) is 40.2. The fourth-order valence-electron chi connectivity index (χ4n) is 6.50. The van der Waals surface area contributed by atoms with Gasteiger partial charge in [0.2, 0.25) is 0 Å². The number of ether oxygens (including phenoxy) is 3. The minimum Gasteiger partial charge on any atom is -0.462 e. The van der Waals surface area contributed by atoms with E-state index in [0.29, 0.717) is 19.3 Å². The van der Waals surface area contributed by atoms with Crippen LogP contribution in [0.15, 0.2) is 0 Å². The molecule has 0 aliphatic rings. The van der Waals surface area contributed by atoms with Crippen LogP contribution in [0, 0.1) is 0 Å². The summed E-state index contributed by atoms with van der Waals surface area (Å²) in [5.41, 5.74) is 0. The van der Waals surface area contributed by atoms with Crippen molar-refractivity contribution in [2.75, 3.05) is 13.2 Å². The molecule has 0 aromatic carbocycles. The van der Waals surface area contributed by atoms with Gasteiger partial charge in [-0.3, -0.25) is 14.4 Å². The first-order valence-corrected chi connectivity index (χ1v) is 22.0. The van der Waals surface area contributed by atoms with Crippen LogP contribution < -0.4 is 0 Å². The van der Waals surface area contributed by atoms with Gasteiger partial charge < -0.3 is 14.2 Å². The Morgan fingerprint density at radius 1 is 0.320 bits per heavy atom. The zero-order chi connectivity index (χ0) is 36.6. The molecule has 0 amide bonds. The molecular formula is C44H84O6. The maximum Gasteiger partial charge on any atom is 0.306 e. The molecular weight excluding hydrogens is 624 g/mol. The number of hydrogen-bond acceptors (Lipinski definition) is 6. The summed E-state index contributed by atoms with van der Waals surface area (Å²) in [5, 5.41) is 0. The second-order valence-electron chi connectivity index (χ2n) is 15.0. The topological polar surface area (TPSA) is 78.9 Å². The summed E-state index contributed by atoms with van der Waals surface area (Å²) in [5.74, 6) is -0.869. The van der Waals surface area contributed by atoms with Crippen LogP contribution >= 0.6 is 0 Å². The molecule has 0 unspecified atom stereocenters. The van der Waals surface area contributed by atoms with Gasteiger partial charge in [-0.05, 0) is 19.3 Å². The van der Waals surface area contributed by atoms with Crippen LogP contribution in [0.5, 0.6) is 0 Å². The van der Waals surface area contributed by atoms with Crippen LogP contribution in [0.1, 0.15) is 245 Å². The number of hydrogen-bond donors (Lipinski definition) is 0. The van der Waals surface area contributed by atoms with Crippen molar-refractivity contribution in [1.29, 1.82) is 0 Å². The molecule has 50 heavy (non-hydrogen) atoms. The lowest BCUT2D eigenvalue weighted by molar-refractivity contribution is -0.167. The smallest absolute Gasteiger partial charge is 0.306 e. The summed E-state index contributed by atoms with van der Waals surface area (Å²) in [6.45, 7) is 6.56. The van der Waals surface area contributed by atoms with Crippen LogP contribution in [0.4, 0.5) is 0 Å². The normalized spacial score (nSPS) is 11.8. The molecule has 0 fully saturated rings. The first-order valence-electron chi connectivity index (χ1n) is 22.0. The Bertz CT molecular complexity index is 738. The summed E-state index contributed by atoms with van der Waals surface area (Å²) in [6.07, 6.45) is 39.7. The molecule has 0 heterocycles. The van der Waals surface area contributed by atoms with Gasteiger partial charge in [-0.15, -0.1) is 0 Å². The minimum atomic E-state index is -0.755. The van der Waals surface area contributed by atoms with Crippen molar-refractivity contribution >= 4 is 17.9 Å². The molecule has 0 spiro atoms. The average Bonchev–Trinajstić information content (AvgIpc) is 3.11. The van der Waals surface area contributed by atoms with E-state index in [1.54, 1.807) is 0 Å². The van der Waals surface area contributed by atoms with Gasteiger partial charge in [-0.25, -0.2) is 0 Å². The van der Waals surface area contributed by atoms with E-state index in [1.807, 2.05) is 0 Å². The largest absolute Gasteiger partial charge is 0.462 e. The average molecular weight is 709 g/mol. The molecule has 0 rings (SSSR count). The Hall–Kier alpha value is -1.59. The Kier molecular flexibility index (Phi) is 38.9. The highest BCUT2D eigenvalue weighted by Gasteiger charge is 2.19. The quantitative estimate of drug-likeness (QED) is 0.0358. The molecule has 1 atom stereocenters. The zero-order valence-corrected chi connectivity index (χ0v) is 33.7. The predicted octanol–water partition coefficient (Wildman–Crippen LogP) is 13.7. The number of carbonyl (C=O) groups excluding carboxylic acids is 3. The fourth-order valence-corrected chi connectivity index (χ4v) is 6.50. The molecule has 0 saturated carbocycles. The van der Waals surface area contributed by atoms with Gasteiger partial charge >= 0.3 is 17.9 Å². The third-order valence-electron chi connectivity index (χ3n) is 9.86. The Balaban J connectivity index is 4.14. The summed E-state index contributed by atoms with van der Waals surface area (Å²) < 4.78 is 16.6. The molecule has 0 aromatic rings. The van der Waals surface area contributed by atoms with Crippen molar-refractivity contribution in [2.24, 2.45) is 0 Å². The Morgan fingerprint density at radius 2 is 0.540 bits per heavy atom. The predicted molar refractivity (Wildman–Crippen MR) is 210 cm³/mol. The van der Waals surface area contributed by atoms with Gasteiger partial charge in [0.15, 0.2) is 6.10 Å². The second-order valence-corrected chi connectivity index (χ2v) is 15.0. The lowest BCUT2D eigenvalue weighted by atomic mass is 10.0. The van der Waals surface area contributed by atoms with E-state index in [1.165, 1.54) is 141 Å². The van der Waals surface area contributed by atoms with Crippen molar-refractivity contribution in [3.05, 3.63) is 0 Å². The SMILES string of the molecule is CCCCCCCCCCCCCCCCCC(=O)OC[C@H](COC(=O)CCCCCCCCCCCCCC)OC(=O)CCCCCCC. The summed E-state index contributed by atoms with van der Waals surface area (Å²) in [7, 11) is 0. The fraction of sp³-hybridized carbons (Fsp3) is 0.932. The van der Waals surface area contributed by atoms with E-state index >= 15 is 0 Å². The van der Waals surface area contributed by atoms with Gasteiger partial charge in [0.05, 0.1) is 0 Å². The van der Waals surface area contributed by atoms with Crippen molar-refractivity contribution in [3.63, 3.8) is 0 Å². The van der Waals surface area contributed by atoms with E-state index in [4.69, 9.17) is 14.2 Å². The van der Waals surface area contributed by atoms with Crippen molar-refractivity contribution in [1.82, 2.24) is 0 Å². The number of unbranched alkanes of at least 4 members (excludes halogenated alkanes) is 29. The first-order chi connectivity index (χ1) is 24.5. The summed E-state index contributed by atoms with van der Waals surface area (Å²) in [4.78, 5) is 37.4. The maximum atomic E-state index is 12.5. The molecule has 0 radical (unpaired) electrons. The third kappa shape index (κ3) is 37.7.